The Morgan fingerprint density at radius 3 is 2.56 bits per heavy atom. The lowest BCUT2D eigenvalue weighted by atomic mass is 10.2. The Morgan fingerprint density at radius 1 is 1.44 bits per heavy atom. The van der Waals surface area contributed by atoms with E-state index in [9.17, 15) is 13.2 Å². The van der Waals surface area contributed by atoms with Gasteiger partial charge in [0.15, 0.2) is 0 Å². The third-order valence-electron chi connectivity index (χ3n) is 1.73. The van der Waals surface area contributed by atoms with Gasteiger partial charge in [0, 0.05) is 0 Å². The smallest absolute Gasteiger partial charge is 0.421 e. The van der Waals surface area contributed by atoms with Crippen LogP contribution in [0.3, 0.4) is 0 Å². The average molecular weight is 234 g/mol. The number of nitrogen functional groups attached to an aromatic ring is 1. The molecule has 0 saturated carbocycles. The van der Waals surface area contributed by atoms with Gasteiger partial charge in [-0.1, -0.05) is 13.8 Å². The molecule has 1 aromatic heterocycles. The van der Waals surface area contributed by atoms with Crippen LogP contribution in [0.1, 0.15) is 19.4 Å². The van der Waals surface area contributed by atoms with Crippen molar-refractivity contribution in [3.05, 3.63) is 17.8 Å². The summed E-state index contributed by atoms with van der Waals surface area (Å²) in [6.45, 7) is 3.86. The summed E-state index contributed by atoms with van der Waals surface area (Å²) in [5.41, 5.74) is 4.29. The predicted molar refractivity (Wildman–Crippen MR) is 54.0 cm³/mol. The van der Waals surface area contributed by atoms with Gasteiger partial charge in [0.05, 0.1) is 18.5 Å². The van der Waals surface area contributed by atoms with Crippen LogP contribution in [0.25, 0.3) is 0 Å². The van der Waals surface area contributed by atoms with Gasteiger partial charge in [0.2, 0.25) is 5.88 Å². The first-order valence-corrected chi connectivity index (χ1v) is 4.76. The zero-order chi connectivity index (χ0) is 12.3. The quantitative estimate of drug-likeness (QED) is 0.874. The number of nitrogens with zero attached hydrogens (tertiary/aromatic N) is 1. The molecular formula is C10H13F3N2O. The third-order valence-corrected chi connectivity index (χ3v) is 1.73. The van der Waals surface area contributed by atoms with E-state index in [4.69, 9.17) is 10.5 Å². The molecule has 0 bridgehead atoms. The Hall–Kier alpha value is -1.46. The lowest BCUT2D eigenvalue weighted by Gasteiger charge is -2.14. The molecule has 0 spiro atoms. The van der Waals surface area contributed by atoms with E-state index in [0.29, 0.717) is 0 Å². The number of ether oxygens (including phenoxy) is 1. The molecule has 90 valence electrons. The predicted octanol–water partition coefficient (Wildman–Crippen LogP) is 2.72. The van der Waals surface area contributed by atoms with Crippen LogP contribution in [0, 0.1) is 5.92 Å². The van der Waals surface area contributed by atoms with E-state index >= 15 is 0 Å². The highest BCUT2D eigenvalue weighted by molar-refractivity contribution is 5.43. The second-order valence-electron chi connectivity index (χ2n) is 3.82. The molecule has 0 aromatic carbocycles. The van der Waals surface area contributed by atoms with E-state index in [2.05, 4.69) is 4.98 Å². The number of pyridine rings is 1. The van der Waals surface area contributed by atoms with E-state index in [0.717, 1.165) is 12.3 Å². The summed E-state index contributed by atoms with van der Waals surface area (Å²) in [4.78, 5) is 3.55. The highest BCUT2D eigenvalue weighted by Gasteiger charge is 2.35. The average Bonchev–Trinajstić information content (AvgIpc) is 2.14. The van der Waals surface area contributed by atoms with Crippen molar-refractivity contribution in [2.24, 2.45) is 5.92 Å². The molecule has 0 atom stereocenters. The van der Waals surface area contributed by atoms with Gasteiger partial charge >= 0.3 is 6.18 Å². The van der Waals surface area contributed by atoms with E-state index in [-0.39, 0.29) is 18.2 Å². The topological polar surface area (TPSA) is 48.1 Å². The van der Waals surface area contributed by atoms with Crippen molar-refractivity contribution in [3.8, 4) is 5.88 Å². The van der Waals surface area contributed by atoms with Crippen molar-refractivity contribution in [1.82, 2.24) is 4.98 Å². The second-order valence-corrected chi connectivity index (χ2v) is 3.82. The standard InChI is InChI=1S/C10H13F3N2O/c1-6(2)5-16-9-8(10(11,12)13)3-7(14)4-15-9/h3-4,6H,5,14H2,1-2H3. The van der Waals surface area contributed by atoms with Crippen LogP contribution in [0.4, 0.5) is 18.9 Å². The third kappa shape index (κ3) is 3.29. The fourth-order valence-corrected chi connectivity index (χ4v) is 1.03. The number of hydrogen-bond acceptors (Lipinski definition) is 3. The first kappa shape index (κ1) is 12.6. The molecule has 1 rings (SSSR count). The minimum atomic E-state index is -4.51. The van der Waals surface area contributed by atoms with Crippen molar-refractivity contribution < 1.29 is 17.9 Å². The Kier molecular flexibility index (Phi) is 3.62. The lowest BCUT2D eigenvalue weighted by Crippen LogP contribution is -2.13. The summed E-state index contributed by atoms with van der Waals surface area (Å²) < 4.78 is 42.7. The van der Waals surface area contributed by atoms with E-state index in [1.807, 2.05) is 13.8 Å². The van der Waals surface area contributed by atoms with E-state index in [1.54, 1.807) is 0 Å². The molecule has 0 fully saturated rings. The maximum Gasteiger partial charge on any atom is 0.421 e. The lowest BCUT2D eigenvalue weighted by molar-refractivity contribution is -0.139. The minimum absolute atomic E-state index is 0.0378. The highest BCUT2D eigenvalue weighted by atomic mass is 19.4. The van der Waals surface area contributed by atoms with Crippen molar-refractivity contribution in [3.63, 3.8) is 0 Å². The summed E-state index contributed by atoms with van der Waals surface area (Å²) in [6, 6.07) is 0.822. The summed E-state index contributed by atoms with van der Waals surface area (Å²) in [6.07, 6.45) is -3.36. The Morgan fingerprint density at radius 2 is 2.06 bits per heavy atom. The fraction of sp³-hybridized carbons (Fsp3) is 0.500. The van der Waals surface area contributed by atoms with Gasteiger partial charge in [0.1, 0.15) is 5.56 Å². The minimum Gasteiger partial charge on any atom is -0.477 e. The van der Waals surface area contributed by atoms with Crippen LogP contribution in [0.2, 0.25) is 0 Å². The zero-order valence-electron chi connectivity index (χ0n) is 9.01. The van der Waals surface area contributed by atoms with Crippen LogP contribution >= 0.6 is 0 Å². The molecule has 16 heavy (non-hydrogen) atoms. The maximum absolute atomic E-state index is 12.6. The zero-order valence-corrected chi connectivity index (χ0v) is 9.01. The fourth-order valence-electron chi connectivity index (χ4n) is 1.03. The highest BCUT2D eigenvalue weighted by Crippen LogP contribution is 2.35. The first-order chi connectivity index (χ1) is 7.30. The molecule has 1 heterocycles. The van der Waals surface area contributed by atoms with Crippen molar-refractivity contribution in [1.29, 1.82) is 0 Å². The molecule has 0 aliphatic heterocycles. The summed E-state index contributed by atoms with van der Waals surface area (Å²) >= 11 is 0. The molecule has 0 radical (unpaired) electrons. The molecule has 0 amide bonds. The van der Waals surface area contributed by atoms with Crippen LogP contribution < -0.4 is 10.5 Å². The number of anilines is 1. The summed E-state index contributed by atoms with van der Waals surface area (Å²) in [7, 11) is 0. The first-order valence-electron chi connectivity index (χ1n) is 4.76. The Bertz CT molecular complexity index is 364. The normalized spacial score (nSPS) is 11.9. The Labute approximate surface area is 91.4 Å². The molecule has 1 aromatic rings. The number of hydrogen-bond donors (Lipinski definition) is 1. The van der Waals surface area contributed by atoms with Gasteiger partial charge in [-0.15, -0.1) is 0 Å². The molecule has 0 saturated heterocycles. The van der Waals surface area contributed by atoms with Crippen LogP contribution in [0.15, 0.2) is 12.3 Å². The van der Waals surface area contributed by atoms with Gasteiger partial charge in [-0.05, 0) is 12.0 Å². The van der Waals surface area contributed by atoms with Gasteiger partial charge in [-0.25, -0.2) is 4.98 Å². The SMILES string of the molecule is CC(C)COc1ncc(N)cc1C(F)(F)F. The molecule has 6 heteroatoms. The molecule has 3 nitrogen and oxygen atoms in total. The Balaban J connectivity index is 2.99. The van der Waals surface area contributed by atoms with Crippen LogP contribution in [-0.4, -0.2) is 11.6 Å². The van der Waals surface area contributed by atoms with Gasteiger partial charge < -0.3 is 10.5 Å². The molecular weight excluding hydrogens is 221 g/mol. The summed E-state index contributed by atoms with van der Waals surface area (Å²) in [5.74, 6) is -0.296. The van der Waals surface area contributed by atoms with Gasteiger partial charge in [0.25, 0.3) is 0 Å². The number of aromatic nitrogens is 1. The number of rotatable bonds is 3. The van der Waals surface area contributed by atoms with Crippen molar-refractivity contribution >= 4 is 5.69 Å². The van der Waals surface area contributed by atoms with Crippen LogP contribution in [0.5, 0.6) is 5.88 Å². The molecule has 0 aliphatic rings. The molecule has 2 N–H and O–H groups in total. The van der Waals surface area contributed by atoms with E-state index in [1.165, 1.54) is 0 Å². The molecule has 0 aliphatic carbocycles. The maximum atomic E-state index is 12.6. The number of alkyl halides is 3. The van der Waals surface area contributed by atoms with Crippen LogP contribution in [-0.2, 0) is 6.18 Å². The monoisotopic (exact) mass is 234 g/mol. The molecule has 0 unspecified atom stereocenters. The summed E-state index contributed by atoms with van der Waals surface area (Å²) in [5, 5.41) is 0. The van der Waals surface area contributed by atoms with E-state index < -0.39 is 17.6 Å². The van der Waals surface area contributed by atoms with Crippen molar-refractivity contribution in [2.75, 3.05) is 12.3 Å². The number of nitrogens with two attached hydrogens (primary N) is 1. The van der Waals surface area contributed by atoms with Crippen molar-refractivity contribution in [2.45, 2.75) is 20.0 Å². The second kappa shape index (κ2) is 4.59. The van der Waals surface area contributed by atoms with Gasteiger partial charge in [-0.2, -0.15) is 13.2 Å². The largest absolute Gasteiger partial charge is 0.477 e. The van der Waals surface area contributed by atoms with Gasteiger partial charge in [-0.3, -0.25) is 0 Å². The number of halogens is 3.